The Kier molecular flexibility index (Phi) is 6.78. The number of nitrogens with zero attached hydrogens (tertiary/aromatic N) is 4. The van der Waals surface area contributed by atoms with Crippen LogP contribution in [-0.2, 0) is 12.8 Å². The van der Waals surface area contributed by atoms with Crippen molar-refractivity contribution in [3.63, 3.8) is 0 Å². The minimum absolute atomic E-state index is 0.0150. The van der Waals surface area contributed by atoms with E-state index in [9.17, 15) is 18.0 Å². The Morgan fingerprint density at radius 2 is 1.86 bits per heavy atom. The van der Waals surface area contributed by atoms with Gasteiger partial charge in [-0.2, -0.15) is 18.3 Å². The number of rotatable bonds is 7. The fourth-order valence-electron chi connectivity index (χ4n) is 3.03. The largest absolute Gasteiger partial charge is 0.489 e. The second-order valence-corrected chi connectivity index (χ2v) is 7.62. The Hall–Kier alpha value is -4.25. The van der Waals surface area contributed by atoms with Gasteiger partial charge in [0, 0.05) is 17.4 Å². The van der Waals surface area contributed by atoms with Gasteiger partial charge < -0.3 is 15.8 Å². The van der Waals surface area contributed by atoms with Crippen molar-refractivity contribution in [2.75, 3.05) is 5.32 Å². The summed E-state index contributed by atoms with van der Waals surface area (Å²) in [6.45, 7) is 0.201. The van der Waals surface area contributed by atoms with Gasteiger partial charge in [-0.25, -0.2) is 4.98 Å². The van der Waals surface area contributed by atoms with E-state index in [1.165, 1.54) is 18.5 Å². The molecule has 3 N–H and O–H groups in total. The summed E-state index contributed by atoms with van der Waals surface area (Å²) in [5, 5.41) is 10.00. The third-order valence-electron chi connectivity index (χ3n) is 4.72. The number of nitrogens with one attached hydrogen (secondary N) is 1. The van der Waals surface area contributed by atoms with Gasteiger partial charge in [0.05, 0.1) is 22.5 Å². The molecular formula is C23H16ClF3N6O2. The van der Waals surface area contributed by atoms with Gasteiger partial charge >= 0.3 is 6.18 Å². The summed E-state index contributed by atoms with van der Waals surface area (Å²) in [5.41, 5.74) is 6.37. The van der Waals surface area contributed by atoms with E-state index >= 15 is 0 Å². The van der Waals surface area contributed by atoms with E-state index in [1.54, 1.807) is 36.4 Å². The molecule has 2 aromatic carbocycles. The molecule has 2 aromatic heterocycles. The number of alkyl halides is 3. The van der Waals surface area contributed by atoms with Crippen molar-refractivity contribution in [3.05, 3.63) is 88.8 Å². The molecule has 0 saturated heterocycles. The number of carbonyl (C=O) groups is 1. The number of nitrogens with two attached hydrogens (primary N) is 1. The van der Waals surface area contributed by atoms with Crippen LogP contribution in [0.3, 0.4) is 0 Å². The topological polar surface area (TPSA) is 116 Å². The highest BCUT2D eigenvalue weighted by Crippen LogP contribution is 2.36. The predicted molar refractivity (Wildman–Crippen MR) is 122 cm³/mol. The summed E-state index contributed by atoms with van der Waals surface area (Å²) in [6, 6.07) is 13.6. The molecule has 178 valence electrons. The molecule has 0 spiro atoms. The summed E-state index contributed by atoms with van der Waals surface area (Å²) >= 11 is 5.66. The first-order chi connectivity index (χ1) is 16.7. The lowest BCUT2D eigenvalue weighted by Crippen LogP contribution is -2.13. The summed E-state index contributed by atoms with van der Waals surface area (Å²) in [4.78, 5) is 19.4. The maximum atomic E-state index is 13.1. The van der Waals surface area contributed by atoms with Crippen molar-refractivity contribution < 1.29 is 22.7 Å². The molecule has 2 heterocycles. The van der Waals surface area contributed by atoms with E-state index in [2.05, 4.69) is 25.5 Å². The number of pyridine rings is 1. The van der Waals surface area contributed by atoms with Crippen molar-refractivity contribution >= 4 is 29.1 Å². The number of aromatic nitrogens is 4. The standard InChI is InChI=1S/C23H16ClF3N6O2/c24-18-6-3-15(10-17(18)23(25,26)27)31-22-32-20(11-30-33-22)14-1-4-16(5-2-14)35-12-13-7-8-29-19(9-13)21(28)34/h1-11H,12H2,(H2,28,34)(H,31,32,33). The number of halogens is 4. The van der Waals surface area contributed by atoms with Crippen molar-refractivity contribution in [1.82, 2.24) is 20.2 Å². The second kappa shape index (κ2) is 9.94. The molecule has 0 saturated carbocycles. The number of anilines is 2. The molecule has 0 atom stereocenters. The molecular weight excluding hydrogens is 485 g/mol. The third kappa shape index (κ3) is 6.01. The Morgan fingerprint density at radius 3 is 2.57 bits per heavy atom. The highest BCUT2D eigenvalue weighted by atomic mass is 35.5. The minimum Gasteiger partial charge on any atom is -0.489 e. The van der Waals surface area contributed by atoms with E-state index in [4.69, 9.17) is 22.1 Å². The number of hydrogen-bond acceptors (Lipinski definition) is 7. The second-order valence-electron chi connectivity index (χ2n) is 7.21. The van der Waals surface area contributed by atoms with Crippen molar-refractivity contribution in [3.8, 4) is 17.0 Å². The smallest absolute Gasteiger partial charge is 0.417 e. The molecule has 35 heavy (non-hydrogen) atoms. The van der Waals surface area contributed by atoms with Crippen molar-refractivity contribution in [2.24, 2.45) is 5.73 Å². The molecule has 8 nitrogen and oxygen atoms in total. The van der Waals surface area contributed by atoms with Crippen LogP contribution < -0.4 is 15.8 Å². The third-order valence-corrected chi connectivity index (χ3v) is 5.05. The zero-order chi connectivity index (χ0) is 25.0. The maximum Gasteiger partial charge on any atom is 0.417 e. The van der Waals surface area contributed by atoms with Crippen molar-refractivity contribution in [1.29, 1.82) is 0 Å². The van der Waals surface area contributed by atoms with Crippen LogP contribution in [0.2, 0.25) is 5.02 Å². The van der Waals surface area contributed by atoms with Gasteiger partial charge in [0.25, 0.3) is 5.91 Å². The van der Waals surface area contributed by atoms with Crippen LogP contribution in [0, 0.1) is 0 Å². The number of benzene rings is 2. The molecule has 0 aliphatic carbocycles. The van der Waals surface area contributed by atoms with E-state index in [-0.39, 0.29) is 23.9 Å². The van der Waals surface area contributed by atoms with Gasteiger partial charge in [-0.3, -0.25) is 9.78 Å². The zero-order valence-electron chi connectivity index (χ0n) is 17.8. The summed E-state index contributed by atoms with van der Waals surface area (Å²) in [6.07, 6.45) is -1.70. The molecule has 1 amide bonds. The maximum absolute atomic E-state index is 13.1. The molecule has 0 bridgehead atoms. The first kappa shape index (κ1) is 23.9. The van der Waals surface area contributed by atoms with Crippen LogP contribution in [0.4, 0.5) is 24.8 Å². The van der Waals surface area contributed by atoms with Gasteiger partial charge in [0.15, 0.2) is 0 Å². The fraction of sp³-hybridized carbons (Fsp3) is 0.0870. The van der Waals surface area contributed by atoms with Gasteiger partial charge in [-0.05, 0) is 60.2 Å². The Bertz CT molecular complexity index is 1370. The zero-order valence-corrected chi connectivity index (χ0v) is 18.5. The summed E-state index contributed by atoms with van der Waals surface area (Å²) in [7, 11) is 0. The molecule has 0 fully saturated rings. The fourth-order valence-corrected chi connectivity index (χ4v) is 3.26. The molecule has 0 radical (unpaired) electrons. The predicted octanol–water partition coefficient (Wildman–Crippen LogP) is 5.03. The van der Waals surface area contributed by atoms with Crippen LogP contribution in [-0.4, -0.2) is 26.1 Å². The van der Waals surface area contributed by atoms with Gasteiger partial charge in [0.1, 0.15) is 18.1 Å². The molecule has 0 aliphatic heterocycles. The molecule has 4 aromatic rings. The SMILES string of the molecule is NC(=O)c1cc(COc2ccc(-c3cnnc(Nc4ccc(Cl)c(C(F)(F)F)c4)n3)cc2)ccn1. The monoisotopic (exact) mass is 500 g/mol. The van der Waals surface area contributed by atoms with E-state index in [1.807, 2.05) is 0 Å². The number of amides is 1. The number of primary amides is 1. The molecule has 0 aliphatic rings. The highest BCUT2D eigenvalue weighted by Gasteiger charge is 2.33. The van der Waals surface area contributed by atoms with Crippen LogP contribution in [0.15, 0.2) is 67.0 Å². The molecule has 4 rings (SSSR count). The summed E-state index contributed by atoms with van der Waals surface area (Å²) in [5.74, 6) is -0.0472. The van der Waals surface area contributed by atoms with Gasteiger partial charge in [0.2, 0.25) is 5.95 Å². The van der Waals surface area contributed by atoms with E-state index in [0.717, 1.165) is 17.7 Å². The minimum atomic E-state index is -4.60. The Labute approximate surface area is 202 Å². The quantitative estimate of drug-likeness (QED) is 0.365. The van der Waals surface area contributed by atoms with Gasteiger partial charge in [-0.15, -0.1) is 5.10 Å². The van der Waals surface area contributed by atoms with Crippen LogP contribution >= 0.6 is 11.6 Å². The van der Waals surface area contributed by atoms with E-state index in [0.29, 0.717) is 17.0 Å². The highest BCUT2D eigenvalue weighted by molar-refractivity contribution is 6.31. The average molecular weight is 501 g/mol. The Morgan fingerprint density at radius 1 is 1.09 bits per heavy atom. The molecule has 0 unspecified atom stereocenters. The molecule has 12 heteroatoms. The van der Waals surface area contributed by atoms with Crippen LogP contribution in [0.1, 0.15) is 21.6 Å². The lowest BCUT2D eigenvalue weighted by atomic mass is 10.1. The van der Waals surface area contributed by atoms with Gasteiger partial charge in [-0.1, -0.05) is 11.6 Å². The van der Waals surface area contributed by atoms with Crippen molar-refractivity contribution in [2.45, 2.75) is 12.8 Å². The van der Waals surface area contributed by atoms with Crippen LogP contribution in [0.5, 0.6) is 5.75 Å². The number of ether oxygens (including phenoxy) is 1. The normalized spacial score (nSPS) is 11.2. The average Bonchev–Trinajstić information content (AvgIpc) is 2.84. The van der Waals surface area contributed by atoms with E-state index < -0.39 is 22.7 Å². The first-order valence-electron chi connectivity index (χ1n) is 10.0. The number of hydrogen-bond donors (Lipinski definition) is 2. The Balaban J connectivity index is 1.45. The number of carbonyl (C=O) groups excluding carboxylic acids is 1. The van der Waals surface area contributed by atoms with Crippen LogP contribution in [0.25, 0.3) is 11.3 Å². The lowest BCUT2D eigenvalue weighted by Gasteiger charge is -2.12. The first-order valence-corrected chi connectivity index (χ1v) is 10.4. The summed E-state index contributed by atoms with van der Waals surface area (Å²) < 4.78 is 45.0. The lowest BCUT2D eigenvalue weighted by molar-refractivity contribution is -0.137.